The van der Waals surface area contributed by atoms with E-state index in [1.165, 1.54) is 12.0 Å². The van der Waals surface area contributed by atoms with E-state index in [0.717, 1.165) is 5.56 Å². The van der Waals surface area contributed by atoms with E-state index in [1.54, 1.807) is 6.92 Å². The minimum absolute atomic E-state index is 0.0724. The van der Waals surface area contributed by atoms with Crippen LogP contribution in [0.15, 0.2) is 30.3 Å². The summed E-state index contributed by atoms with van der Waals surface area (Å²) in [6.45, 7) is 5.67. The Morgan fingerprint density at radius 1 is 1.19 bits per heavy atom. The molecule has 1 aromatic rings. The van der Waals surface area contributed by atoms with Crippen molar-refractivity contribution in [3.05, 3.63) is 35.9 Å². The molecule has 0 heterocycles. The maximum Gasteiger partial charge on any atom is 0.325 e. The summed E-state index contributed by atoms with van der Waals surface area (Å²) in [4.78, 5) is 25.8. The van der Waals surface area contributed by atoms with Crippen LogP contribution in [0.4, 0.5) is 0 Å². The third-order valence-corrected chi connectivity index (χ3v) is 3.07. The van der Waals surface area contributed by atoms with Gasteiger partial charge in [-0.25, -0.2) is 0 Å². The van der Waals surface area contributed by atoms with E-state index in [9.17, 15) is 9.59 Å². The van der Waals surface area contributed by atoms with Gasteiger partial charge < -0.3 is 14.4 Å². The number of amides is 1. The molecule has 0 spiro atoms. The zero-order chi connectivity index (χ0) is 15.8. The third-order valence-electron chi connectivity index (χ3n) is 3.07. The van der Waals surface area contributed by atoms with Crippen LogP contribution in [0.1, 0.15) is 32.4 Å². The Labute approximate surface area is 125 Å². The average molecular weight is 293 g/mol. The summed E-state index contributed by atoms with van der Waals surface area (Å²) >= 11 is 0. The standard InChI is InChI=1S/C16H23NO4/c1-5-21-14(18)11-17(12(2)3)16(19)15(20-4)13-9-7-6-8-10-13/h6-10,12,15H,5,11H2,1-4H3. The van der Waals surface area contributed by atoms with Gasteiger partial charge in [-0.15, -0.1) is 0 Å². The maximum absolute atomic E-state index is 12.6. The molecular weight excluding hydrogens is 270 g/mol. The molecule has 0 aliphatic carbocycles. The molecule has 1 atom stereocenters. The highest BCUT2D eigenvalue weighted by Gasteiger charge is 2.29. The molecule has 5 nitrogen and oxygen atoms in total. The van der Waals surface area contributed by atoms with Crippen LogP contribution >= 0.6 is 0 Å². The van der Waals surface area contributed by atoms with E-state index in [1.807, 2.05) is 44.2 Å². The topological polar surface area (TPSA) is 55.8 Å². The average Bonchev–Trinajstić information content (AvgIpc) is 2.46. The van der Waals surface area contributed by atoms with Crippen molar-refractivity contribution < 1.29 is 19.1 Å². The lowest BCUT2D eigenvalue weighted by molar-refractivity contribution is -0.154. The highest BCUT2D eigenvalue weighted by molar-refractivity contribution is 5.86. The molecule has 0 saturated heterocycles. The SMILES string of the molecule is CCOC(=O)CN(C(=O)C(OC)c1ccccc1)C(C)C. The second-order valence-electron chi connectivity index (χ2n) is 4.89. The van der Waals surface area contributed by atoms with Crippen LogP contribution in [-0.4, -0.2) is 43.1 Å². The molecule has 0 aromatic heterocycles. The van der Waals surface area contributed by atoms with E-state index in [4.69, 9.17) is 9.47 Å². The first-order valence-corrected chi connectivity index (χ1v) is 7.05. The fraction of sp³-hybridized carbons (Fsp3) is 0.500. The molecule has 0 fully saturated rings. The summed E-state index contributed by atoms with van der Waals surface area (Å²) in [6, 6.07) is 9.10. The predicted octanol–water partition coefficient (Wildman–Crippen LogP) is 2.17. The Balaban J connectivity index is 2.90. The van der Waals surface area contributed by atoms with Crippen LogP contribution < -0.4 is 0 Å². The first-order chi connectivity index (χ1) is 10.0. The summed E-state index contributed by atoms with van der Waals surface area (Å²) in [7, 11) is 1.48. The first kappa shape index (κ1) is 17.2. The quantitative estimate of drug-likeness (QED) is 0.723. The zero-order valence-electron chi connectivity index (χ0n) is 13.0. The molecule has 1 aromatic carbocycles. The van der Waals surface area contributed by atoms with Gasteiger partial charge in [0, 0.05) is 13.2 Å². The molecule has 0 aliphatic rings. The minimum Gasteiger partial charge on any atom is -0.465 e. The number of methoxy groups -OCH3 is 1. The second-order valence-corrected chi connectivity index (χ2v) is 4.89. The zero-order valence-corrected chi connectivity index (χ0v) is 13.0. The number of carbonyl (C=O) groups is 2. The maximum atomic E-state index is 12.6. The minimum atomic E-state index is -0.719. The summed E-state index contributed by atoms with van der Waals surface area (Å²) in [5, 5.41) is 0. The number of benzene rings is 1. The number of ether oxygens (including phenoxy) is 2. The van der Waals surface area contributed by atoms with Gasteiger partial charge in [0.2, 0.25) is 0 Å². The number of nitrogens with zero attached hydrogens (tertiary/aromatic N) is 1. The van der Waals surface area contributed by atoms with Crippen molar-refractivity contribution >= 4 is 11.9 Å². The van der Waals surface area contributed by atoms with E-state index in [2.05, 4.69) is 0 Å². The van der Waals surface area contributed by atoms with Gasteiger partial charge in [-0.1, -0.05) is 30.3 Å². The number of rotatable bonds is 7. The van der Waals surface area contributed by atoms with E-state index in [0.29, 0.717) is 6.61 Å². The highest BCUT2D eigenvalue weighted by Crippen LogP contribution is 2.20. The van der Waals surface area contributed by atoms with Crippen LogP contribution in [0, 0.1) is 0 Å². The van der Waals surface area contributed by atoms with Crippen LogP contribution in [0.2, 0.25) is 0 Å². The molecular formula is C16H23NO4. The fourth-order valence-electron chi connectivity index (χ4n) is 2.02. The normalized spacial score (nSPS) is 12.0. The third kappa shape index (κ3) is 4.86. The van der Waals surface area contributed by atoms with Gasteiger partial charge in [-0.05, 0) is 26.3 Å². The Morgan fingerprint density at radius 2 is 1.81 bits per heavy atom. The van der Waals surface area contributed by atoms with Crippen LogP contribution in [0.3, 0.4) is 0 Å². The molecule has 21 heavy (non-hydrogen) atoms. The van der Waals surface area contributed by atoms with Crippen molar-refractivity contribution in [3.63, 3.8) is 0 Å². The largest absolute Gasteiger partial charge is 0.465 e. The predicted molar refractivity (Wildman–Crippen MR) is 79.7 cm³/mol. The molecule has 1 rings (SSSR count). The molecule has 0 saturated carbocycles. The molecule has 1 amide bonds. The van der Waals surface area contributed by atoms with Gasteiger partial charge in [-0.2, -0.15) is 0 Å². The van der Waals surface area contributed by atoms with Gasteiger partial charge >= 0.3 is 5.97 Å². The van der Waals surface area contributed by atoms with Crippen molar-refractivity contribution in [3.8, 4) is 0 Å². The van der Waals surface area contributed by atoms with Crippen molar-refractivity contribution in [2.45, 2.75) is 32.9 Å². The molecule has 0 radical (unpaired) electrons. The summed E-state index contributed by atoms with van der Waals surface area (Å²) in [5.41, 5.74) is 0.763. The lowest BCUT2D eigenvalue weighted by atomic mass is 10.1. The molecule has 0 aliphatic heterocycles. The Bertz CT molecular complexity index is 459. The highest BCUT2D eigenvalue weighted by atomic mass is 16.5. The number of carbonyl (C=O) groups excluding carboxylic acids is 2. The molecule has 116 valence electrons. The van der Waals surface area contributed by atoms with Crippen LogP contribution in [0.5, 0.6) is 0 Å². The molecule has 0 bridgehead atoms. The van der Waals surface area contributed by atoms with E-state index < -0.39 is 12.1 Å². The molecule has 0 N–H and O–H groups in total. The van der Waals surface area contributed by atoms with Gasteiger partial charge in [0.05, 0.1) is 6.61 Å². The molecule has 5 heteroatoms. The van der Waals surface area contributed by atoms with Gasteiger partial charge in [0.25, 0.3) is 5.91 Å². The Hall–Kier alpha value is -1.88. The summed E-state index contributed by atoms with van der Waals surface area (Å²) in [5.74, 6) is -0.658. The second kappa shape index (κ2) is 8.42. The number of hydrogen-bond donors (Lipinski definition) is 0. The monoisotopic (exact) mass is 293 g/mol. The van der Waals surface area contributed by atoms with Crippen molar-refractivity contribution in [2.75, 3.05) is 20.3 Å². The first-order valence-electron chi connectivity index (χ1n) is 7.05. The Morgan fingerprint density at radius 3 is 2.29 bits per heavy atom. The number of esters is 1. The summed E-state index contributed by atoms with van der Waals surface area (Å²) in [6.07, 6.45) is -0.719. The number of hydrogen-bond acceptors (Lipinski definition) is 4. The Kier molecular flexibility index (Phi) is 6.88. The van der Waals surface area contributed by atoms with Crippen molar-refractivity contribution in [2.24, 2.45) is 0 Å². The van der Waals surface area contributed by atoms with Crippen molar-refractivity contribution in [1.29, 1.82) is 0 Å². The van der Waals surface area contributed by atoms with Crippen LogP contribution in [0.25, 0.3) is 0 Å². The molecule has 1 unspecified atom stereocenters. The van der Waals surface area contributed by atoms with E-state index >= 15 is 0 Å². The van der Waals surface area contributed by atoms with Gasteiger partial charge in [0.15, 0.2) is 6.10 Å². The smallest absolute Gasteiger partial charge is 0.325 e. The lowest BCUT2D eigenvalue weighted by Gasteiger charge is -2.29. The van der Waals surface area contributed by atoms with Crippen molar-refractivity contribution in [1.82, 2.24) is 4.90 Å². The fourth-order valence-corrected chi connectivity index (χ4v) is 2.02. The van der Waals surface area contributed by atoms with E-state index in [-0.39, 0.29) is 18.5 Å². The summed E-state index contributed by atoms with van der Waals surface area (Å²) < 4.78 is 10.2. The van der Waals surface area contributed by atoms with Gasteiger partial charge in [0.1, 0.15) is 6.54 Å². The van der Waals surface area contributed by atoms with Crippen LogP contribution in [-0.2, 0) is 19.1 Å². The lowest BCUT2D eigenvalue weighted by Crippen LogP contribution is -2.44. The van der Waals surface area contributed by atoms with Gasteiger partial charge in [-0.3, -0.25) is 9.59 Å².